The number of primary amides is 1. The smallest absolute Gasteiger partial charge is 0.269 e. The number of nitrogens with zero attached hydrogens (tertiary/aromatic N) is 3. The predicted molar refractivity (Wildman–Crippen MR) is 101 cm³/mol. The summed E-state index contributed by atoms with van der Waals surface area (Å²) in [5.74, 6) is -0.620. The van der Waals surface area contributed by atoms with E-state index in [1.807, 2.05) is 0 Å². The number of carbonyl (C=O) groups is 1. The van der Waals surface area contributed by atoms with Crippen LogP contribution in [-0.2, 0) is 4.79 Å². The molecule has 0 spiro atoms. The molecular weight excluding hydrogens is 368 g/mol. The van der Waals surface area contributed by atoms with Crippen LogP contribution in [0.15, 0.2) is 53.0 Å². The largest absolute Gasteiger partial charge is 0.438 e. The lowest BCUT2D eigenvalue weighted by Gasteiger charge is -2.11. The lowest BCUT2D eigenvalue weighted by molar-refractivity contribution is -0.114. The van der Waals surface area contributed by atoms with Gasteiger partial charge in [0.15, 0.2) is 0 Å². The first-order chi connectivity index (χ1) is 12.9. The van der Waals surface area contributed by atoms with E-state index in [-0.39, 0.29) is 17.0 Å². The third-order valence-corrected chi connectivity index (χ3v) is 4.00. The highest BCUT2D eigenvalue weighted by atomic mass is 35.5. The van der Waals surface area contributed by atoms with Crippen molar-refractivity contribution in [2.45, 2.75) is 6.92 Å². The topological polar surface area (TPSA) is 110 Å². The fourth-order valence-electron chi connectivity index (χ4n) is 2.41. The van der Waals surface area contributed by atoms with Crippen LogP contribution in [0.2, 0.25) is 5.02 Å². The van der Waals surface area contributed by atoms with Crippen molar-refractivity contribution in [2.24, 2.45) is 5.73 Å². The summed E-state index contributed by atoms with van der Waals surface area (Å²) in [6, 6.07) is 11.6. The van der Waals surface area contributed by atoms with Crippen molar-refractivity contribution in [3.63, 3.8) is 0 Å². The van der Waals surface area contributed by atoms with Gasteiger partial charge in [0.25, 0.3) is 11.5 Å². The minimum atomic E-state index is -0.955. The van der Waals surface area contributed by atoms with Crippen molar-refractivity contribution in [1.82, 2.24) is 9.38 Å². The zero-order valence-corrected chi connectivity index (χ0v) is 14.9. The van der Waals surface area contributed by atoms with Crippen molar-refractivity contribution in [1.29, 1.82) is 5.26 Å². The summed E-state index contributed by atoms with van der Waals surface area (Å²) in [5.41, 5.74) is 5.38. The summed E-state index contributed by atoms with van der Waals surface area (Å²) in [7, 11) is 0. The normalized spacial score (nSPS) is 11.2. The van der Waals surface area contributed by atoms with Gasteiger partial charge in [0.1, 0.15) is 28.6 Å². The molecule has 0 saturated heterocycles. The van der Waals surface area contributed by atoms with Gasteiger partial charge in [0, 0.05) is 11.2 Å². The van der Waals surface area contributed by atoms with Crippen molar-refractivity contribution in [3.05, 3.63) is 74.7 Å². The molecule has 0 fully saturated rings. The molecule has 3 rings (SSSR count). The van der Waals surface area contributed by atoms with Gasteiger partial charge in [-0.25, -0.2) is 0 Å². The average Bonchev–Trinajstić information content (AvgIpc) is 2.64. The van der Waals surface area contributed by atoms with E-state index in [9.17, 15) is 9.59 Å². The highest BCUT2D eigenvalue weighted by Gasteiger charge is 2.17. The Morgan fingerprint density at radius 1 is 1.33 bits per heavy atom. The zero-order chi connectivity index (χ0) is 19.6. The third-order valence-electron chi connectivity index (χ3n) is 3.75. The van der Waals surface area contributed by atoms with Gasteiger partial charge in [-0.2, -0.15) is 10.2 Å². The Hall–Kier alpha value is -3.63. The fourth-order valence-corrected chi connectivity index (χ4v) is 2.54. The second-order valence-electron chi connectivity index (χ2n) is 5.61. The van der Waals surface area contributed by atoms with Gasteiger partial charge in [-0.3, -0.25) is 14.0 Å². The van der Waals surface area contributed by atoms with E-state index in [1.165, 1.54) is 10.6 Å². The van der Waals surface area contributed by atoms with Gasteiger partial charge in [-0.05, 0) is 48.9 Å². The van der Waals surface area contributed by atoms with Crippen LogP contribution in [0, 0.1) is 18.3 Å². The molecule has 2 aromatic heterocycles. The summed E-state index contributed by atoms with van der Waals surface area (Å²) in [6.45, 7) is 1.80. The quantitative estimate of drug-likeness (QED) is 0.552. The minimum Gasteiger partial charge on any atom is -0.438 e. The van der Waals surface area contributed by atoms with Crippen LogP contribution in [0.3, 0.4) is 0 Å². The van der Waals surface area contributed by atoms with Gasteiger partial charge < -0.3 is 10.5 Å². The number of hydrogen-bond acceptors (Lipinski definition) is 5. The molecule has 0 aliphatic rings. The number of carbonyl (C=O) groups excluding carboxylic acids is 1. The Morgan fingerprint density at radius 3 is 2.67 bits per heavy atom. The van der Waals surface area contributed by atoms with E-state index in [0.29, 0.717) is 16.4 Å². The van der Waals surface area contributed by atoms with Crippen LogP contribution in [0.1, 0.15) is 11.1 Å². The van der Waals surface area contributed by atoms with E-state index in [4.69, 9.17) is 27.3 Å². The molecular formula is C19H13ClN4O3. The molecule has 2 heterocycles. The van der Waals surface area contributed by atoms with Crippen LogP contribution in [0.5, 0.6) is 11.6 Å². The third kappa shape index (κ3) is 3.66. The summed E-state index contributed by atoms with van der Waals surface area (Å²) >= 11 is 5.87. The number of fused-ring (bicyclic) bond motifs is 1. The van der Waals surface area contributed by atoms with Crippen LogP contribution in [-0.4, -0.2) is 15.3 Å². The standard InChI is InChI=1S/C19H13ClN4O3/c1-11-3-2-8-24-17(11)23-18(27-14-6-4-13(20)5-7-14)15(19(24)26)9-12(10-21)16(22)25/h2-9H,1H3,(H2,22,25)/b12-9-. The first kappa shape index (κ1) is 18.2. The number of hydrogen-bond donors (Lipinski definition) is 1. The number of aryl methyl sites for hydroxylation is 1. The Labute approximate surface area is 158 Å². The Balaban J connectivity index is 2.28. The lowest BCUT2D eigenvalue weighted by atomic mass is 10.1. The number of halogens is 1. The number of nitriles is 1. The molecule has 0 radical (unpaired) electrons. The number of nitrogens with two attached hydrogens (primary N) is 1. The van der Waals surface area contributed by atoms with Gasteiger partial charge in [-0.15, -0.1) is 0 Å². The molecule has 1 aromatic carbocycles. The SMILES string of the molecule is Cc1cccn2c(=O)c(/C=C(/C#N)C(N)=O)c(Oc3ccc(Cl)cc3)nc12. The van der Waals surface area contributed by atoms with E-state index in [1.54, 1.807) is 49.4 Å². The summed E-state index contributed by atoms with van der Waals surface area (Å²) in [6.07, 6.45) is 2.62. The second-order valence-corrected chi connectivity index (χ2v) is 6.05. The Morgan fingerprint density at radius 2 is 2.04 bits per heavy atom. The van der Waals surface area contributed by atoms with E-state index in [0.717, 1.165) is 11.6 Å². The lowest BCUT2D eigenvalue weighted by Crippen LogP contribution is -2.20. The first-order valence-electron chi connectivity index (χ1n) is 7.77. The molecule has 27 heavy (non-hydrogen) atoms. The number of ether oxygens (including phenoxy) is 1. The van der Waals surface area contributed by atoms with Crippen LogP contribution in [0.4, 0.5) is 0 Å². The molecule has 7 nitrogen and oxygen atoms in total. The molecule has 1 amide bonds. The summed E-state index contributed by atoms with van der Waals surface area (Å²) in [5, 5.41) is 9.63. The molecule has 3 aromatic rings. The van der Waals surface area contributed by atoms with Crippen molar-refractivity contribution in [2.75, 3.05) is 0 Å². The van der Waals surface area contributed by atoms with Gasteiger partial charge >= 0.3 is 0 Å². The highest BCUT2D eigenvalue weighted by molar-refractivity contribution is 6.30. The molecule has 0 aliphatic heterocycles. The maximum Gasteiger partial charge on any atom is 0.269 e. The maximum atomic E-state index is 12.9. The van der Waals surface area contributed by atoms with Crippen LogP contribution >= 0.6 is 11.6 Å². The fraction of sp³-hybridized carbons (Fsp3) is 0.0526. The predicted octanol–water partition coefficient (Wildman–Crippen LogP) is 2.84. The highest BCUT2D eigenvalue weighted by Crippen LogP contribution is 2.25. The number of rotatable bonds is 4. The van der Waals surface area contributed by atoms with E-state index < -0.39 is 11.5 Å². The molecule has 2 N–H and O–H groups in total. The van der Waals surface area contributed by atoms with Gasteiger partial charge in [0.05, 0.1) is 0 Å². The van der Waals surface area contributed by atoms with Crippen LogP contribution < -0.4 is 16.0 Å². The first-order valence-corrected chi connectivity index (χ1v) is 8.15. The van der Waals surface area contributed by atoms with Crippen molar-refractivity contribution < 1.29 is 9.53 Å². The van der Waals surface area contributed by atoms with Crippen molar-refractivity contribution >= 4 is 29.2 Å². The average molecular weight is 381 g/mol. The van der Waals surface area contributed by atoms with Crippen LogP contribution in [0.25, 0.3) is 11.7 Å². The second kappa shape index (κ2) is 7.32. The zero-order valence-electron chi connectivity index (χ0n) is 14.1. The van der Waals surface area contributed by atoms with Gasteiger partial charge in [0.2, 0.25) is 5.88 Å². The number of aromatic nitrogens is 2. The Kier molecular flexibility index (Phi) is 4.92. The molecule has 0 unspecified atom stereocenters. The van der Waals surface area contributed by atoms with E-state index >= 15 is 0 Å². The number of amides is 1. The monoisotopic (exact) mass is 380 g/mol. The Bertz CT molecular complexity index is 1170. The molecule has 0 aliphatic carbocycles. The number of pyridine rings is 1. The summed E-state index contributed by atoms with van der Waals surface area (Å²) in [4.78, 5) is 28.8. The molecule has 134 valence electrons. The molecule has 0 atom stereocenters. The maximum absolute atomic E-state index is 12.9. The summed E-state index contributed by atoms with van der Waals surface area (Å²) < 4.78 is 7.06. The minimum absolute atomic E-state index is 0.0503. The van der Waals surface area contributed by atoms with Crippen molar-refractivity contribution in [3.8, 4) is 17.7 Å². The van der Waals surface area contributed by atoms with Gasteiger partial charge in [-0.1, -0.05) is 17.7 Å². The van der Waals surface area contributed by atoms with E-state index in [2.05, 4.69) is 4.98 Å². The molecule has 0 bridgehead atoms. The number of benzene rings is 1. The molecule has 8 heteroatoms. The molecule has 0 saturated carbocycles.